The van der Waals surface area contributed by atoms with Crippen LogP contribution in [0.25, 0.3) is 0 Å². The van der Waals surface area contributed by atoms with Crippen molar-refractivity contribution in [3.63, 3.8) is 0 Å². The van der Waals surface area contributed by atoms with E-state index in [1.807, 2.05) is 0 Å². The van der Waals surface area contributed by atoms with Crippen molar-refractivity contribution >= 4 is 0 Å². The minimum atomic E-state index is -1.44. The van der Waals surface area contributed by atoms with Crippen molar-refractivity contribution in [2.24, 2.45) is 0 Å². The Balaban J connectivity index is 3.60. The van der Waals surface area contributed by atoms with Gasteiger partial charge < -0.3 is 0 Å². The third-order valence-corrected chi connectivity index (χ3v) is 1.57. The topological polar surface area (TPSA) is 0 Å². The summed E-state index contributed by atoms with van der Waals surface area (Å²) in [5.41, 5.74) is -1.55. The van der Waals surface area contributed by atoms with Crippen molar-refractivity contribution in [2.45, 2.75) is 6.92 Å². The van der Waals surface area contributed by atoms with Crippen LogP contribution in [0.3, 0.4) is 0 Å². The Labute approximate surface area is 66.8 Å². The van der Waals surface area contributed by atoms with Crippen LogP contribution in [0, 0.1) is 37.1 Å². The second-order valence-electron chi connectivity index (χ2n) is 2.36. The second kappa shape index (κ2) is 2.77. The molecule has 0 fully saturated rings. The van der Waals surface area contributed by atoms with Crippen molar-refractivity contribution in [1.29, 1.82) is 0 Å². The molecule has 1 rings (SSSR count). The Morgan fingerprint density at radius 3 is 1.50 bits per heavy atom. The highest BCUT2D eigenvalue weighted by Gasteiger charge is 2.19. The molecule has 1 aromatic rings. The van der Waals surface area contributed by atoms with Gasteiger partial charge >= 0.3 is 0 Å². The van der Waals surface area contributed by atoms with E-state index in [0.29, 0.717) is 0 Å². The molecule has 0 aliphatic heterocycles. The van der Waals surface area contributed by atoms with Crippen molar-refractivity contribution in [1.82, 2.24) is 0 Å². The summed E-state index contributed by atoms with van der Waals surface area (Å²) in [6, 6.07) is 0. The SMILES string of the molecule is [CH2]c1c(F)c(F)c(C)c(F)c1F. The molecule has 0 aliphatic rings. The van der Waals surface area contributed by atoms with Crippen molar-refractivity contribution in [3.05, 3.63) is 41.3 Å². The van der Waals surface area contributed by atoms with Crippen LogP contribution in [-0.4, -0.2) is 0 Å². The minimum Gasteiger partial charge on any atom is -0.203 e. The predicted molar refractivity (Wildman–Crippen MR) is 35.5 cm³/mol. The molecule has 0 atom stereocenters. The Hall–Kier alpha value is -1.06. The average molecular weight is 177 g/mol. The first-order valence-corrected chi connectivity index (χ1v) is 3.11. The Morgan fingerprint density at radius 2 is 1.17 bits per heavy atom. The van der Waals surface area contributed by atoms with Gasteiger partial charge in [0.05, 0.1) is 0 Å². The van der Waals surface area contributed by atoms with Gasteiger partial charge in [-0.15, -0.1) is 0 Å². The number of hydrogen-bond donors (Lipinski definition) is 0. The third-order valence-electron chi connectivity index (χ3n) is 1.57. The molecule has 0 aromatic heterocycles. The Bertz CT molecular complexity index is 225. The molecule has 4 heteroatoms. The number of hydrogen-bond acceptors (Lipinski definition) is 0. The quantitative estimate of drug-likeness (QED) is 0.422. The molecule has 0 unspecified atom stereocenters. The fourth-order valence-corrected chi connectivity index (χ4v) is 0.787. The first kappa shape index (κ1) is 9.03. The first-order chi connectivity index (χ1) is 5.46. The van der Waals surface area contributed by atoms with Gasteiger partial charge in [-0.2, -0.15) is 0 Å². The van der Waals surface area contributed by atoms with Crippen molar-refractivity contribution < 1.29 is 17.6 Å². The zero-order valence-corrected chi connectivity index (χ0v) is 6.22. The van der Waals surface area contributed by atoms with Crippen LogP contribution >= 0.6 is 0 Å². The molecule has 0 N–H and O–H groups in total. The lowest BCUT2D eigenvalue weighted by Crippen LogP contribution is -2.02. The molecule has 0 heterocycles. The van der Waals surface area contributed by atoms with Gasteiger partial charge in [-0.05, 0) is 13.8 Å². The van der Waals surface area contributed by atoms with E-state index in [2.05, 4.69) is 6.92 Å². The van der Waals surface area contributed by atoms with Gasteiger partial charge in [0.1, 0.15) is 0 Å². The smallest absolute Gasteiger partial charge is 0.165 e. The molecule has 0 saturated heterocycles. The normalized spacial score (nSPS) is 10.5. The van der Waals surface area contributed by atoms with Crippen LogP contribution < -0.4 is 0 Å². The molecule has 12 heavy (non-hydrogen) atoms. The predicted octanol–water partition coefficient (Wildman–Crippen LogP) is 2.73. The third kappa shape index (κ3) is 1.07. The molecule has 0 aliphatic carbocycles. The molecule has 0 nitrogen and oxygen atoms in total. The van der Waals surface area contributed by atoms with Gasteiger partial charge in [0, 0.05) is 11.1 Å². The number of benzene rings is 1. The molecule has 0 amide bonds. The maximum Gasteiger partial charge on any atom is 0.165 e. The van der Waals surface area contributed by atoms with E-state index in [9.17, 15) is 17.6 Å². The average Bonchev–Trinajstić information content (AvgIpc) is 2.08. The highest BCUT2D eigenvalue weighted by Crippen LogP contribution is 2.22. The van der Waals surface area contributed by atoms with E-state index in [1.54, 1.807) is 0 Å². The molecule has 0 spiro atoms. The number of halogens is 4. The van der Waals surface area contributed by atoms with Crippen LogP contribution in [0.4, 0.5) is 17.6 Å². The molecule has 0 saturated carbocycles. The van der Waals surface area contributed by atoms with E-state index in [0.717, 1.165) is 6.92 Å². The van der Waals surface area contributed by atoms with E-state index >= 15 is 0 Å². The summed E-state index contributed by atoms with van der Waals surface area (Å²) in [4.78, 5) is 0. The Kier molecular flexibility index (Phi) is 2.08. The Morgan fingerprint density at radius 1 is 0.833 bits per heavy atom. The largest absolute Gasteiger partial charge is 0.203 e. The van der Waals surface area contributed by atoms with E-state index in [-0.39, 0.29) is 0 Å². The van der Waals surface area contributed by atoms with Crippen LogP contribution in [-0.2, 0) is 0 Å². The first-order valence-electron chi connectivity index (χ1n) is 3.11. The summed E-state index contributed by atoms with van der Waals surface area (Å²) in [6.07, 6.45) is 0. The fraction of sp³-hybridized carbons (Fsp3) is 0.125. The van der Waals surface area contributed by atoms with Crippen LogP contribution in [0.2, 0.25) is 0 Å². The minimum absolute atomic E-state index is 0.669. The van der Waals surface area contributed by atoms with E-state index in [1.165, 1.54) is 0 Å². The molecular weight excluding hydrogens is 172 g/mol. The van der Waals surface area contributed by atoms with Crippen LogP contribution in [0.5, 0.6) is 0 Å². The molecule has 1 radical (unpaired) electrons. The molecule has 0 bridgehead atoms. The zero-order chi connectivity index (χ0) is 9.46. The van der Waals surface area contributed by atoms with Gasteiger partial charge in [-0.1, -0.05) is 0 Å². The second-order valence-corrected chi connectivity index (χ2v) is 2.36. The van der Waals surface area contributed by atoms with Gasteiger partial charge in [-0.25, -0.2) is 17.6 Å². The molecular formula is C8H5F4. The maximum atomic E-state index is 12.6. The van der Waals surface area contributed by atoms with Gasteiger partial charge in [0.2, 0.25) is 0 Å². The van der Waals surface area contributed by atoms with Crippen LogP contribution in [0.1, 0.15) is 11.1 Å². The van der Waals surface area contributed by atoms with Gasteiger partial charge in [-0.3, -0.25) is 0 Å². The summed E-state index contributed by atoms with van der Waals surface area (Å²) in [5, 5.41) is 0. The summed E-state index contributed by atoms with van der Waals surface area (Å²) >= 11 is 0. The number of rotatable bonds is 0. The lowest BCUT2D eigenvalue weighted by Gasteiger charge is -2.04. The lowest BCUT2D eigenvalue weighted by atomic mass is 10.1. The van der Waals surface area contributed by atoms with E-state index < -0.39 is 34.4 Å². The summed E-state index contributed by atoms with van der Waals surface area (Å²) in [6.45, 7) is 3.81. The van der Waals surface area contributed by atoms with Crippen molar-refractivity contribution in [2.75, 3.05) is 0 Å². The van der Waals surface area contributed by atoms with Gasteiger partial charge in [0.25, 0.3) is 0 Å². The van der Waals surface area contributed by atoms with Crippen LogP contribution in [0.15, 0.2) is 0 Å². The summed E-state index contributed by atoms with van der Waals surface area (Å²) in [5.74, 6) is -5.66. The monoisotopic (exact) mass is 177 g/mol. The molecule has 1 aromatic carbocycles. The summed E-state index contributed by atoms with van der Waals surface area (Å²) in [7, 11) is 0. The molecule has 65 valence electrons. The van der Waals surface area contributed by atoms with E-state index in [4.69, 9.17) is 0 Å². The maximum absolute atomic E-state index is 12.6. The standard InChI is InChI=1S/C8H5F4/c1-3-5(9)7(11)4(2)8(12)6(3)10/h1H2,2H3. The highest BCUT2D eigenvalue weighted by atomic mass is 19.2. The fourth-order valence-electron chi connectivity index (χ4n) is 0.787. The van der Waals surface area contributed by atoms with Gasteiger partial charge in [0.15, 0.2) is 23.3 Å². The lowest BCUT2D eigenvalue weighted by molar-refractivity contribution is 0.440. The highest BCUT2D eigenvalue weighted by molar-refractivity contribution is 5.30. The zero-order valence-electron chi connectivity index (χ0n) is 6.22. The van der Waals surface area contributed by atoms with Crippen molar-refractivity contribution in [3.8, 4) is 0 Å². The summed E-state index contributed by atoms with van der Waals surface area (Å²) < 4.78 is 50.4.